The monoisotopic (exact) mass is 565 g/mol. The molecule has 0 aliphatic carbocycles. The van der Waals surface area contributed by atoms with Crippen molar-refractivity contribution >= 4 is 40.6 Å². The highest BCUT2D eigenvalue weighted by atomic mass is 35.5. The number of amides is 2. The van der Waals surface area contributed by atoms with Crippen LogP contribution in [0.4, 0.5) is 20.6 Å². The summed E-state index contributed by atoms with van der Waals surface area (Å²) in [6.07, 6.45) is 7.15. The summed E-state index contributed by atoms with van der Waals surface area (Å²) in [5.41, 5.74) is 0.416. The number of hydrogen-bond acceptors (Lipinski definition) is 5. The lowest BCUT2D eigenvalue weighted by atomic mass is 9.94. The van der Waals surface area contributed by atoms with Gasteiger partial charge in [0, 0.05) is 30.3 Å². The van der Waals surface area contributed by atoms with Crippen LogP contribution in [0.25, 0.3) is 0 Å². The molecule has 206 valence electrons. The van der Waals surface area contributed by atoms with Crippen LogP contribution in [0, 0.1) is 15.9 Å². The van der Waals surface area contributed by atoms with Crippen molar-refractivity contribution in [3.63, 3.8) is 0 Å². The Morgan fingerprint density at radius 3 is 2.47 bits per heavy atom. The molecule has 2 saturated heterocycles. The van der Waals surface area contributed by atoms with Crippen LogP contribution >= 0.6 is 23.2 Å². The van der Waals surface area contributed by atoms with E-state index < -0.39 is 22.5 Å². The molecule has 2 N–H and O–H groups in total. The Kier molecular flexibility index (Phi) is 10.2. The van der Waals surface area contributed by atoms with E-state index in [-0.39, 0.29) is 11.6 Å². The average molecular weight is 567 g/mol. The highest BCUT2D eigenvalue weighted by Gasteiger charge is 2.26. The van der Waals surface area contributed by atoms with Crippen molar-refractivity contribution in [2.24, 2.45) is 0 Å². The molecular weight excluding hydrogens is 532 g/mol. The lowest BCUT2D eigenvalue weighted by Gasteiger charge is -2.40. The van der Waals surface area contributed by atoms with Crippen LogP contribution in [0.2, 0.25) is 10.0 Å². The Bertz CT molecular complexity index is 1120. The third-order valence-corrected chi connectivity index (χ3v) is 8.32. The van der Waals surface area contributed by atoms with Crippen molar-refractivity contribution in [3.05, 3.63) is 67.9 Å². The van der Waals surface area contributed by atoms with Gasteiger partial charge in [-0.3, -0.25) is 10.1 Å². The van der Waals surface area contributed by atoms with E-state index in [0.29, 0.717) is 22.6 Å². The van der Waals surface area contributed by atoms with Gasteiger partial charge in [0.2, 0.25) is 5.82 Å². The summed E-state index contributed by atoms with van der Waals surface area (Å²) in [6, 6.07) is 8.91. The molecule has 1 atom stereocenters. The number of anilines is 1. The third-order valence-electron chi connectivity index (χ3n) is 7.58. The number of carbonyl (C=O) groups excluding carboxylic acids is 1. The van der Waals surface area contributed by atoms with E-state index in [9.17, 15) is 19.3 Å². The summed E-state index contributed by atoms with van der Waals surface area (Å²) in [6.45, 7) is 5.80. The number of rotatable bonds is 9. The molecular formula is C27H34Cl2FN5O3. The number of nitro benzene ring substituents is 1. The lowest BCUT2D eigenvalue weighted by Crippen LogP contribution is -2.47. The van der Waals surface area contributed by atoms with Gasteiger partial charge >= 0.3 is 11.7 Å². The molecule has 2 heterocycles. The minimum atomic E-state index is -0.958. The zero-order chi connectivity index (χ0) is 27.1. The van der Waals surface area contributed by atoms with Crippen molar-refractivity contribution in [1.82, 2.24) is 15.1 Å². The maximum atomic E-state index is 13.6. The summed E-state index contributed by atoms with van der Waals surface area (Å²) < 4.78 is 13.6. The number of likely N-dealkylation sites (tertiary alicyclic amines) is 2. The zero-order valence-electron chi connectivity index (χ0n) is 21.3. The van der Waals surface area contributed by atoms with Crippen LogP contribution in [0.1, 0.15) is 50.0 Å². The largest absolute Gasteiger partial charge is 0.337 e. The topological polar surface area (TPSA) is 90.8 Å². The molecule has 8 nitrogen and oxygen atoms in total. The first-order chi connectivity index (χ1) is 18.3. The number of urea groups is 1. The first-order valence-corrected chi connectivity index (χ1v) is 14.0. The van der Waals surface area contributed by atoms with E-state index in [2.05, 4.69) is 20.4 Å². The Hall–Kier alpha value is -2.46. The standard InChI is InChI=1S/C27H34Cl2FN5O3/c28-23-6-4-19(16-24(23)29)20(8-13-33-14-9-22(10-15-33)34-11-2-1-3-12-34)18-31-27(36)32-21-5-7-25(30)26(17-21)35(37)38/h4-7,16-17,20,22H,1-3,8-15,18H2,(H2,31,32,36). The first kappa shape index (κ1) is 28.5. The predicted octanol–water partition coefficient (Wildman–Crippen LogP) is 6.29. The van der Waals surface area contributed by atoms with Crippen LogP contribution in [0.5, 0.6) is 0 Å². The van der Waals surface area contributed by atoms with E-state index in [1.54, 1.807) is 6.07 Å². The molecule has 0 bridgehead atoms. The predicted molar refractivity (Wildman–Crippen MR) is 149 cm³/mol. The van der Waals surface area contributed by atoms with E-state index >= 15 is 0 Å². The van der Waals surface area contributed by atoms with E-state index in [1.807, 2.05) is 12.1 Å². The van der Waals surface area contributed by atoms with Crippen molar-refractivity contribution in [2.75, 3.05) is 44.6 Å². The Labute approximate surface area is 232 Å². The van der Waals surface area contributed by atoms with Gasteiger partial charge in [-0.2, -0.15) is 4.39 Å². The van der Waals surface area contributed by atoms with Gasteiger partial charge in [-0.1, -0.05) is 35.7 Å². The number of benzene rings is 2. The van der Waals surface area contributed by atoms with Gasteiger partial charge in [-0.15, -0.1) is 0 Å². The summed E-state index contributed by atoms with van der Waals surface area (Å²) in [7, 11) is 0. The SMILES string of the molecule is O=C(NCC(CCN1CCC(N2CCCCC2)CC1)c1ccc(Cl)c(Cl)c1)Nc1ccc(F)c([N+](=O)[O-])c1. The van der Waals surface area contributed by atoms with Gasteiger partial charge in [0.1, 0.15) is 0 Å². The van der Waals surface area contributed by atoms with Crippen LogP contribution in [0.3, 0.4) is 0 Å². The second-order valence-electron chi connectivity index (χ2n) is 10.1. The quantitative estimate of drug-likeness (QED) is 0.275. The minimum absolute atomic E-state index is 0.0158. The van der Waals surface area contributed by atoms with Gasteiger partial charge in [0.25, 0.3) is 0 Å². The van der Waals surface area contributed by atoms with Crippen LogP contribution in [-0.2, 0) is 0 Å². The van der Waals surface area contributed by atoms with E-state index in [4.69, 9.17) is 23.2 Å². The highest BCUT2D eigenvalue weighted by Crippen LogP contribution is 2.29. The van der Waals surface area contributed by atoms with Crippen molar-refractivity contribution in [2.45, 2.75) is 50.5 Å². The van der Waals surface area contributed by atoms with Gasteiger partial charge in [0.15, 0.2) is 0 Å². The van der Waals surface area contributed by atoms with Crippen LogP contribution in [0.15, 0.2) is 36.4 Å². The van der Waals surface area contributed by atoms with Crippen molar-refractivity contribution in [3.8, 4) is 0 Å². The number of nitrogens with zero attached hydrogens (tertiary/aromatic N) is 3. The molecule has 2 fully saturated rings. The summed E-state index contributed by atoms with van der Waals surface area (Å²) in [5.74, 6) is -0.974. The normalized spacial score (nSPS) is 18.2. The fraction of sp³-hybridized carbons (Fsp3) is 0.519. The van der Waals surface area contributed by atoms with E-state index in [0.717, 1.165) is 43.8 Å². The molecule has 0 aromatic heterocycles. The van der Waals surface area contributed by atoms with Gasteiger partial charge in [0.05, 0.1) is 15.0 Å². The smallest absolute Gasteiger partial charge is 0.319 e. The molecule has 4 rings (SSSR count). The zero-order valence-corrected chi connectivity index (χ0v) is 22.8. The molecule has 38 heavy (non-hydrogen) atoms. The van der Waals surface area contributed by atoms with Crippen LogP contribution < -0.4 is 10.6 Å². The molecule has 0 spiro atoms. The minimum Gasteiger partial charge on any atom is -0.337 e. The Morgan fingerprint density at radius 1 is 1.05 bits per heavy atom. The highest BCUT2D eigenvalue weighted by molar-refractivity contribution is 6.42. The van der Waals surface area contributed by atoms with Gasteiger partial charge in [-0.25, -0.2) is 4.79 Å². The van der Waals surface area contributed by atoms with Gasteiger partial charge < -0.3 is 20.4 Å². The number of piperidine rings is 2. The number of hydrogen-bond donors (Lipinski definition) is 2. The fourth-order valence-corrected chi connectivity index (χ4v) is 5.71. The third kappa shape index (κ3) is 7.79. The second kappa shape index (κ2) is 13.6. The second-order valence-corrected chi connectivity index (χ2v) is 10.9. The summed E-state index contributed by atoms with van der Waals surface area (Å²) >= 11 is 12.4. The number of carbonyl (C=O) groups is 1. The van der Waals surface area contributed by atoms with Gasteiger partial charge in [-0.05, 0) is 94.7 Å². The molecule has 2 aliphatic rings. The molecule has 2 aromatic carbocycles. The summed E-state index contributed by atoms with van der Waals surface area (Å²) in [5, 5.41) is 17.3. The Balaban J connectivity index is 1.33. The molecule has 11 heteroatoms. The van der Waals surface area contributed by atoms with Crippen molar-refractivity contribution in [1.29, 1.82) is 0 Å². The number of nitrogens with one attached hydrogen (secondary N) is 2. The molecule has 1 unspecified atom stereocenters. The van der Waals surface area contributed by atoms with E-state index in [1.165, 1.54) is 51.3 Å². The molecule has 2 aromatic rings. The molecule has 2 amide bonds. The fourth-order valence-electron chi connectivity index (χ4n) is 5.40. The number of nitro groups is 1. The van der Waals surface area contributed by atoms with Crippen LogP contribution in [-0.4, -0.2) is 66.1 Å². The maximum absolute atomic E-state index is 13.6. The molecule has 0 saturated carbocycles. The number of halogens is 3. The van der Waals surface area contributed by atoms with Crippen molar-refractivity contribution < 1.29 is 14.1 Å². The average Bonchev–Trinajstić information content (AvgIpc) is 2.92. The Morgan fingerprint density at radius 2 is 1.79 bits per heavy atom. The molecule has 2 aliphatic heterocycles. The summed E-state index contributed by atoms with van der Waals surface area (Å²) in [4.78, 5) is 27.9. The maximum Gasteiger partial charge on any atom is 0.319 e. The molecule has 0 radical (unpaired) electrons. The lowest BCUT2D eigenvalue weighted by molar-refractivity contribution is -0.387. The first-order valence-electron chi connectivity index (χ1n) is 13.2.